The zero-order valence-electron chi connectivity index (χ0n) is 15.1. The minimum Gasteiger partial charge on any atom is -0.342 e. The van der Waals surface area contributed by atoms with Crippen LogP contribution in [0.1, 0.15) is 50.1 Å². The summed E-state index contributed by atoms with van der Waals surface area (Å²) in [6.07, 6.45) is 2.14. The molecular formula is C21H25N3O. The van der Waals surface area contributed by atoms with E-state index in [-0.39, 0.29) is 5.91 Å². The van der Waals surface area contributed by atoms with Gasteiger partial charge in [0.2, 0.25) is 5.91 Å². The first-order valence-corrected chi connectivity index (χ1v) is 8.92. The van der Waals surface area contributed by atoms with Crippen LogP contribution in [0.2, 0.25) is 0 Å². The number of amides is 1. The SMILES string of the molecule is CCc1cccc(NC(=O)CCc2ccc3nc(C(C)C)[nH]c3c2)c1. The Morgan fingerprint density at radius 3 is 2.76 bits per heavy atom. The molecule has 0 saturated heterocycles. The van der Waals surface area contributed by atoms with Crippen LogP contribution in [-0.2, 0) is 17.6 Å². The molecule has 4 nitrogen and oxygen atoms in total. The number of rotatable bonds is 6. The van der Waals surface area contributed by atoms with Gasteiger partial charge in [-0.3, -0.25) is 4.79 Å². The maximum atomic E-state index is 12.2. The number of nitrogens with zero attached hydrogens (tertiary/aromatic N) is 1. The van der Waals surface area contributed by atoms with Crippen LogP contribution in [0, 0.1) is 0 Å². The van der Waals surface area contributed by atoms with Crippen LogP contribution >= 0.6 is 0 Å². The van der Waals surface area contributed by atoms with Crippen molar-refractivity contribution in [2.75, 3.05) is 5.32 Å². The number of carbonyl (C=O) groups is 1. The highest BCUT2D eigenvalue weighted by molar-refractivity contribution is 5.91. The molecule has 4 heteroatoms. The Kier molecular flexibility index (Phi) is 5.17. The predicted octanol–water partition coefficient (Wildman–Crippen LogP) is 4.82. The molecule has 0 unspecified atom stereocenters. The average molecular weight is 335 g/mol. The van der Waals surface area contributed by atoms with Gasteiger partial charge in [-0.05, 0) is 48.2 Å². The van der Waals surface area contributed by atoms with Crippen molar-refractivity contribution in [2.24, 2.45) is 0 Å². The highest BCUT2D eigenvalue weighted by atomic mass is 16.1. The summed E-state index contributed by atoms with van der Waals surface area (Å²) in [5.41, 5.74) is 5.26. The molecule has 130 valence electrons. The smallest absolute Gasteiger partial charge is 0.224 e. The Labute approximate surface area is 148 Å². The van der Waals surface area contributed by atoms with E-state index < -0.39 is 0 Å². The summed E-state index contributed by atoms with van der Waals surface area (Å²) in [5.74, 6) is 1.42. The highest BCUT2D eigenvalue weighted by Crippen LogP contribution is 2.19. The molecule has 3 rings (SSSR count). The van der Waals surface area contributed by atoms with Gasteiger partial charge in [-0.15, -0.1) is 0 Å². The van der Waals surface area contributed by atoms with E-state index in [1.807, 2.05) is 24.3 Å². The van der Waals surface area contributed by atoms with Gasteiger partial charge in [-0.2, -0.15) is 0 Å². The number of hydrogen-bond donors (Lipinski definition) is 2. The maximum absolute atomic E-state index is 12.2. The third-order valence-corrected chi connectivity index (χ3v) is 4.37. The number of benzene rings is 2. The molecule has 0 aliphatic carbocycles. The van der Waals surface area contributed by atoms with Crippen LogP contribution in [0.3, 0.4) is 0 Å². The summed E-state index contributed by atoms with van der Waals surface area (Å²) in [6.45, 7) is 6.35. The largest absolute Gasteiger partial charge is 0.342 e. The Hall–Kier alpha value is -2.62. The van der Waals surface area contributed by atoms with Gasteiger partial charge in [0.15, 0.2) is 0 Å². The van der Waals surface area contributed by atoms with E-state index in [4.69, 9.17) is 0 Å². The van der Waals surface area contributed by atoms with Crippen molar-refractivity contribution in [1.82, 2.24) is 9.97 Å². The number of carbonyl (C=O) groups excluding carboxylic acids is 1. The molecule has 0 atom stereocenters. The van der Waals surface area contributed by atoms with E-state index in [1.165, 1.54) is 5.56 Å². The van der Waals surface area contributed by atoms with E-state index in [9.17, 15) is 4.79 Å². The van der Waals surface area contributed by atoms with Crippen LogP contribution in [-0.4, -0.2) is 15.9 Å². The first kappa shape index (κ1) is 17.2. The Morgan fingerprint density at radius 2 is 2.00 bits per heavy atom. The number of H-pyrrole nitrogens is 1. The average Bonchev–Trinajstić information content (AvgIpc) is 3.04. The second-order valence-corrected chi connectivity index (χ2v) is 6.73. The lowest BCUT2D eigenvalue weighted by atomic mass is 10.1. The third-order valence-electron chi connectivity index (χ3n) is 4.37. The van der Waals surface area contributed by atoms with Gasteiger partial charge in [0.25, 0.3) is 0 Å². The monoisotopic (exact) mass is 335 g/mol. The van der Waals surface area contributed by atoms with Gasteiger partial charge in [0, 0.05) is 18.0 Å². The molecule has 0 aliphatic heterocycles. The molecule has 0 radical (unpaired) electrons. The fourth-order valence-electron chi connectivity index (χ4n) is 2.86. The number of aromatic nitrogens is 2. The van der Waals surface area contributed by atoms with Crippen molar-refractivity contribution in [3.63, 3.8) is 0 Å². The molecule has 0 aliphatic rings. The van der Waals surface area contributed by atoms with Crippen molar-refractivity contribution in [3.05, 3.63) is 59.4 Å². The van der Waals surface area contributed by atoms with Gasteiger partial charge >= 0.3 is 0 Å². The normalized spacial score (nSPS) is 11.2. The van der Waals surface area contributed by atoms with Crippen LogP contribution < -0.4 is 5.32 Å². The standard InChI is InChI=1S/C21H25N3O/c1-4-15-6-5-7-17(12-15)22-20(25)11-9-16-8-10-18-19(13-16)24-21(23-18)14(2)3/h5-8,10,12-14H,4,9,11H2,1-3H3,(H,22,25)(H,23,24). The zero-order valence-corrected chi connectivity index (χ0v) is 15.1. The molecule has 1 aromatic heterocycles. The molecule has 1 heterocycles. The molecule has 2 N–H and O–H groups in total. The Bertz CT molecular complexity index is 880. The zero-order chi connectivity index (χ0) is 17.8. The van der Waals surface area contributed by atoms with E-state index in [1.54, 1.807) is 0 Å². The highest BCUT2D eigenvalue weighted by Gasteiger charge is 2.08. The van der Waals surface area contributed by atoms with Crippen LogP contribution in [0.4, 0.5) is 5.69 Å². The van der Waals surface area contributed by atoms with Gasteiger partial charge in [-0.1, -0.05) is 39.0 Å². The van der Waals surface area contributed by atoms with Crippen LogP contribution in [0.15, 0.2) is 42.5 Å². The minimum absolute atomic E-state index is 0.0424. The first-order valence-electron chi connectivity index (χ1n) is 8.92. The van der Waals surface area contributed by atoms with Gasteiger partial charge in [-0.25, -0.2) is 4.98 Å². The van der Waals surface area contributed by atoms with E-state index >= 15 is 0 Å². The maximum Gasteiger partial charge on any atom is 0.224 e. The summed E-state index contributed by atoms with van der Waals surface area (Å²) in [4.78, 5) is 20.2. The molecule has 1 amide bonds. The fraction of sp³-hybridized carbons (Fsp3) is 0.333. The Balaban J connectivity index is 1.62. The van der Waals surface area contributed by atoms with Gasteiger partial charge in [0.1, 0.15) is 5.82 Å². The van der Waals surface area contributed by atoms with Crippen LogP contribution in [0.5, 0.6) is 0 Å². The number of aryl methyl sites for hydroxylation is 2. The number of imidazole rings is 1. The molecule has 3 aromatic rings. The number of nitrogens with one attached hydrogen (secondary N) is 2. The molecular weight excluding hydrogens is 310 g/mol. The number of hydrogen-bond acceptors (Lipinski definition) is 2. The van der Waals surface area contributed by atoms with E-state index in [0.717, 1.165) is 34.5 Å². The summed E-state index contributed by atoms with van der Waals surface area (Å²) in [7, 11) is 0. The molecule has 0 saturated carbocycles. The summed E-state index contributed by atoms with van der Waals surface area (Å²) in [5, 5.41) is 2.98. The second kappa shape index (κ2) is 7.51. The molecule has 0 bridgehead atoms. The molecule has 2 aromatic carbocycles. The lowest BCUT2D eigenvalue weighted by molar-refractivity contribution is -0.116. The van der Waals surface area contributed by atoms with Crippen molar-refractivity contribution in [3.8, 4) is 0 Å². The van der Waals surface area contributed by atoms with Gasteiger partial charge in [0.05, 0.1) is 11.0 Å². The van der Waals surface area contributed by atoms with Gasteiger partial charge < -0.3 is 10.3 Å². The quantitative estimate of drug-likeness (QED) is 0.678. The number of fused-ring (bicyclic) bond motifs is 1. The van der Waals surface area contributed by atoms with Crippen molar-refractivity contribution in [1.29, 1.82) is 0 Å². The fourth-order valence-corrected chi connectivity index (χ4v) is 2.86. The summed E-state index contributed by atoms with van der Waals surface area (Å²) < 4.78 is 0. The lowest BCUT2D eigenvalue weighted by Gasteiger charge is -2.07. The predicted molar refractivity (Wildman–Crippen MR) is 103 cm³/mol. The molecule has 0 spiro atoms. The molecule has 0 fully saturated rings. The van der Waals surface area contributed by atoms with E-state index in [0.29, 0.717) is 18.8 Å². The summed E-state index contributed by atoms with van der Waals surface area (Å²) >= 11 is 0. The van der Waals surface area contributed by atoms with E-state index in [2.05, 4.69) is 54.3 Å². The lowest BCUT2D eigenvalue weighted by Crippen LogP contribution is -2.12. The first-order chi connectivity index (χ1) is 12.0. The van der Waals surface area contributed by atoms with Crippen molar-refractivity contribution < 1.29 is 4.79 Å². The molecule has 25 heavy (non-hydrogen) atoms. The van der Waals surface area contributed by atoms with Crippen molar-refractivity contribution in [2.45, 2.75) is 46.0 Å². The third kappa shape index (κ3) is 4.27. The second-order valence-electron chi connectivity index (χ2n) is 6.73. The van der Waals surface area contributed by atoms with Crippen molar-refractivity contribution >= 4 is 22.6 Å². The topological polar surface area (TPSA) is 57.8 Å². The number of anilines is 1. The summed E-state index contributed by atoms with van der Waals surface area (Å²) in [6, 6.07) is 14.2. The minimum atomic E-state index is 0.0424. The number of aromatic amines is 1. The Morgan fingerprint density at radius 1 is 1.16 bits per heavy atom. The van der Waals surface area contributed by atoms with Crippen LogP contribution in [0.25, 0.3) is 11.0 Å².